The zero-order chi connectivity index (χ0) is 23.5. The summed E-state index contributed by atoms with van der Waals surface area (Å²) >= 11 is 0. The van der Waals surface area contributed by atoms with Gasteiger partial charge in [-0.25, -0.2) is 15.0 Å². The third-order valence-corrected chi connectivity index (χ3v) is 6.05. The van der Waals surface area contributed by atoms with Crippen molar-refractivity contribution in [1.82, 2.24) is 24.4 Å². The first-order valence-corrected chi connectivity index (χ1v) is 11.4. The molecule has 0 saturated heterocycles. The van der Waals surface area contributed by atoms with Gasteiger partial charge in [0.05, 0.1) is 49.3 Å². The van der Waals surface area contributed by atoms with Gasteiger partial charge in [-0.1, -0.05) is 18.2 Å². The molecule has 1 aliphatic heterocycles. The van der Waals surface area contributed by atoms with Crippen molar-refractivity contribution in [2.75, 3.05) is 27.4 Å². The summed E-state index contributed by atoms with van der Waals surface area (Å²) in [7, 11) is 3.27. The van der Waals surface area contributed by atoms with Crippen LogP contribution in [0.5, 0.6) is 11.8 Å². The Morgan fingerprint density at radius 3 is 2.26 bits per heavy atom. The molecule has 0 saturated carbocycles. The first kappa shape index (κ1) is 22.3. The zero-order valence-electron chi connectivity index (χ0n) is 19.8. The second-order valence-corrected chi connectivity index (χ2v) is 8.57. The van der Waals surface area contributed by atoms with Crippen LogP contribution < -0.4 is 9.47 Å². The molecule has 5 rings (SSSR count). The molecule has 0 radical (unpaired) electrons. The van der Waals surface area contributed by atoms with Gasteiger partial charge in [0, 0.05) is 31.8 Å². The van der Waals surface area contributed by atoms with Gasteiger partial charge in [-0.3, -0.25) is 4.90 Å². The average molecular weight is 460 g/mol. The Morgan fingerprint density at radius 2 is 1.62 bits per heavy atom. The fourth-order valence-electron chi connectivity index (χ4n) is 4.52. The van der Waals surface area contributed by atoms with Crippen molar-refractivity contribution in [2.24, 2.45) is 0 Å². The molecule has 0 N–H and O–H groups in total. The topological polar surface area (TPSA) is 74.5 Å². The van der Waals surface area contributed by atoms with E-state index in [1.54, 1.807) is 14.2 Å². The summed E-state index contributed by atoms with van der Waals surface area (Å²) in [6.07, 6.45) is 0. The summed E-state index contributed by atoms with van der Waals surface area (Å²) < 4.78 is 19.0. The van der Waals surface area contributed by atoms with Gasteiger partial charge < -0.3 is 18.8 Å². The highest BCUT2D eigenvalue weighted by atomic mass is 16.5. The number of benzene rings is 1. The Morgan fingerprint density at radius 1 is 0.941 bits per heavy atom. The van der Waals surface area contributed by atoms with E-state index in [2.05, 4.69) is 44.6 Å². The molecule has 1 aliphatic rings. The second-order valence-electron chi connectivity index (χ2n) is 8.57. The van der Waals surface area contributed by atoms with Crippen LogP contribution in [0.4, 0.5) is 0 Å². The second kappa shape index (κ2) is 9.79. The average Bonchev–Trinajstić information content (AvgIpc) is 3.22. The van der Waals surface area contributed by atoms with Crippen LogP contribution in [0.2, 0.25) is 0 Å². The van der Waals surface area contributed by atoms with E-state index < -0.39 is 0 Å². The van der Waals surface area contributed by atoms with Crippen LogP contribution in [0.15, 0.2) is 54.6 Å². The third-order valence-electron chi connectivity index (χ3n) is 6.05. The maximum absolute atomic E-state index is 5.96. The minimum Gasteiger partial charge on any atom is -0.481 e. The minimum absolute atomic E-state index is 0.118. The largest absolute Gasteiger partial charge is 0.481 e. The number of aromatic nitrogens is 4. The van der Waals surface area contributed by atoms with Gasteiger partial charge in [0.25, 0.3) is 0 Å². The molecule has 4 heterocycles. The van der Waals surface area contributed by atoms with Gasteiger partial charge in [-0.2, -0.15) is 0 Å². The van der Waals surface area contributed by atoms with Crippen molar-refractivity contribution >= 4 is 11.0 Å². The van der Waals surface area contributed by atoms with E-state index in [1.807, 2.05) is 36.4 Å². The Hall–Kier alpha value is -3.49. The number of pyridine rings is 2. The summed E-state index contributed by atoms with van der Waals surface area (Å²) in [5.41, 5.74) is 5.24. The first-order valence-electron chi connectivity index (χ1n) is 11.4. The number of aryl methyl sites for hydroxylation is 1. The molecule has 0 fully saturated rings. The summed E-state index contributed by atoms with van der Waals surface area (Å²) in [5.74, 6) is 2.18. The smallest absolute Gasteiger partial charge is 0.213 e. The molecule has 8 nitrogen and oxygen atoms in total. The van der Waals surface area contributed by atoms with Gasteiger partial charge >= 0.3 is 0 Å². The van der Waals surface area contributed by atoms with Gasteiger partial charge in [0.2, 0.25) is 11.8 Å². The number of hydrogen-bond acceptors (Lipinski definition) is 7. The number of fused-ring (bicyclic) bond motifs is 3. The minimum atomic E-state index is 0.118. The molecule has 1 atom stereocenters. The van der Waals surface area contributed by atoms with Crippen molar-refractivity contribution in [1.29, 1.82) is 0 Å². The van der Waals surface area contributed by atoms with Crippen LogP contribution in [0.25, 0.3) is 11.0 Å². The monoisotopic (exact) mass is 459 g/mol. The molecule has 1 unspecified atom stereocenters. The van der Waals surface area contributed by atoms with E-state index in [-0.39, 0.29) is 6.04 Å². The molecule has 4 aromatic rings. The number of nitrogens with zero attached hydrogens (tertiary/aromatic N) is 5. The van der Waals surface area contributed by atoms with Crippen molar-refractivity contribution in [3.05, 3.63) is 77.4 Å². The number of ether oxygens (including phenoxy) is 3. The zero-order valence-corrected chi connectivity index (χ0v) is 19.8. The lowest BCUT2D eigenvalue weighted by molar-refractivity contribution is 0.0398. The highest BCUT2D eigenvalue weighted by molar-refractivity contribution is 5.77. The number of methoxy groups -OCH3 is 2. The molecular weight excluding hydrogens is 430 g/mol. The van der Waals surface area contributed by atoms with E-state index in [4.69, 9.17) is 19.2 Å². The fraction of sp³-hybridized carbons (Fsp3) is 0.346. The van der Waals surface area contributed by atoms with Gasteiger partial charge in [-0.15, -0.1) is 0 Å². The number of rotatable bonds is 8. The number of hydrogen-bond donors (Lipinski definition) is 0. The highest BCUT2D eigenvalue weighted by Crippen LogP contribution is 2.28. The normalized spacial score (nSPS) is 15.5. The first-order chi connectivity index (χ1) is 16.6. The highest BCUT2D eigenvalue weighted by Gasteiger charge is 2.26. The quantitative estimate of drug-likeness (QED) is 0.395. The lowest BCUT2D eigenvalue weighted by Crippen LogP contribution is -2.35. The van der Waals surface area contributed by atoms with Crippen LogP contribution in [0.3, 0.4) is 0 Å². The van der Waals surface area contributed by atoms with Crippen LogP contribution >= 0.6 is 0 Å². The molecule has 0 spiro atoms. The molecule has 0 bridgehead atoms. The fourth-order valence-corrected chi connectivity index (χ4v) is 4.52. The lowest BCUT2D eigenvalue weighted by Gasteiger charge is -2.31. The van der Waals surface area contributed by atoms with E-state index in [1.165, 1.54) is 5.56 Å². The van der Waals surface area contributed by atoms with E-state index in [0.29, 0.717) is 38.1 Å². The van der Waals surface area contributed by atoms with Crippen molar-refractivity contribution in [3.63, 3.8) is 0 Å². The molecule has 3 aromatic heterocycles. The standard InChI is InChI=1S/C26H29N5O3/c1-18-10-11-23-22(12-18)29-24-17-34-16-21(31(23)24)15-30(13-19-6-4-8-25(27-19)32-2)14-20-7-5-9-26(28-20)33-3/h4-12,21H,13-17H2,1-3H3. The molecule has 1 aromatic carbocycles. The third kappa shape index (κ3) is 4.73. The van der Waals surface area contributed by atoms with Gasteiger partial charge in [0.1, 0.15) is 12.4 Å². The van der Waals surface area contributed by atoms with Crippen molar-refractivity contribution in [3.8, 4) is 11.8 Å². The molecule has 0 aliphatic carbocycles. The maximum Gasteiger partial charge on any atom is 0.213 e. The van der Waals surface area contributed by atoms with Gasteiger partial charge in [0.15, 0.2) is 0 Å². The summed E-state index contributed by atoms with van der Waals surface area (Å²) in [6, 6.07) is 18.3. The van der Waals surface area contributed by atoms with Crippen LogP contribution in [0.1, 0.15) is 28.8 Å². The van der Waals surface area contributed by atoms with Crippen LogP contribution in [0, 0.1) is 6.92 Å². The predicted molar refractivity (Wildman–Crippen MR) is 129 cm³/mol. The van der Waals surface area contributed by atoms with E-state index >= 15 is 0 Å². The number of imidazole rings is 1. The van der Waals surface area contributed by atoms with E-state index in [0.717, 1.165) is 34.8 Å². The van der Waals surface area contributed by atoms with E-state index in [9.17, 15) is 0 Å². The van der Waals surface area contributed by atoms with Crippen LogP contribution in [-0.2, 0) is 24.4 Å². The molecule has 8 heteroatoms. The van der Waals surface area contributed by atoms with Crippen molar-refractivity contribution < 1.29 is 14.2 Å². The maximum atomic E-state index is 5.96. The summed E-state index contributed by atoms with van der Waals surface area (Å²) in [5, 5.41) is 0. The summed E-state index contributed by atoms with van der Waals surface area (Å²) in [4.78, 5) is 16.5. The Kier molecular flexibility index (Phi) is 6.42. The Labute approximate surface area is 199 Å². The van der Waals surface area contributed by atoms with Crippen molar-refractivity contribution in [2.45, 2.75) is 32.7 Å². The van der Waals surface area contributed by atoms with Gasteiger partial charge in [-0.05, 0) is 36.8 Å². The lowest BCUT2D eigenvalue weighted by atomic mass is 10.2. The molecule has 34 heavy (non-hydrogen) atoms. The molecular formula is C26H29N5O3. The van der Waals surface area contributed by atoms with Crippen LogP contribution in [-0.4, -0.2) is 51.8 Å². The molecule has 0 amide bonds. The Bertz CT molecular complexity index is 1240. The summed E-state index contributed by atoms with van der Waals surface area (Å²) in [6.45, 7) is 5.29. The SMILES string of the molecule is COc1cccc(CN(Cc2cccc(OC)n2)CC2COCc3nc4cc(C)ccc4n32)n1. The Balaban J connectivity index is 1.46. The predicted octanol–water partition coefficient (Wildman–Crippen LogP) is 3.93. The molecule has 176 valence electrons.